The first-order chi connectivity index (χ1) is 16.7. The van der Waals surface area contributed by atoms with Gasteiger partial charge in [-0.2, -0.15) is 0 Å². The lowest BCUT2D eigenvalue weighted by molar-refractivity contribution is 0.0331. The summed E-state index contributed by atoms with van der Waals surface area (Å²) in [6.07, 6.45) is 5.02. The molecule has 1 unspecified atom stereocenters. The summed E-state index contributed by atoms with van der Waals surface area (Å²) in [7, 11) is 0. The topological polar surface area (TPSA) is 74.9 Å². The van der Waals surface area contributed by atoms with Gasteiger partial charge in [0.25, 0.3) is 5.91 Å². The number of hydrogen-bond donors (Lipinski definition) is 0. The molecule has 3 aromatic heterocycles. The van der Waals surface area contributed by atoms with Crippen molar-refractivity contribution < 1.29 is 13.9 Å². The van der Waals surface area contributed by atoms with E-state index in [2.05, 4.69) is 16.7 Å². The Morgan fingerprint density at radius 2 is 1.97 bits per heavy atom. The van der Waals surface area contributed by atoms with Gasteiger partial charge in [0, 0.05) is 44.1 Å². The molecule has 0 saturated carbocycles. The largest absolute Gasteiger partial charge is 0.459 e. The van der Waals surface area contributed by atoms with E-state index in [9.17, 15) is 4.79 Å². The normalized spacial score (nSPS) is 21.7. The Morgan fingerprint density at radius 3 is 2.74 bits per heavy atom. The van der Waals surface area contributed by atoms with Crippen molar-refractivity contribution in [3.05, 3.63) is 40.4 Å². The molecular formula is C25H31N5O3S. The molecular weight excluding hydrogens is 450 g/mol. The first-order valence-electron chi connectivity index (χ1n) is 12.3. The Labute approximate surface area is 203 Å². The average Bonchev–Trinajstić information content (AvgIpc) is 3.52. The van der Waals surface area contributed by atoms with Gasteiger partial charge in [0.2, 0.25) is 0 Å². The van der Waals surface area contributed by atoms with Gasteiger partial charge in [-0.05, 0) is 42.9 Å². The zero-order chi connectivity index (χ0) is 23.1. The lowest BCUT2D eigenvalue weighted by atomic mass is 9.89. The van der Waals surface area contributed by atoms with Crippen LogP contribution in [0, 0.1) is 5.92 Å². The quantitative estimate of drug-likeness (QED) is 0.566. The van der Waals surface area contributed by atoms with Crippen LogP contribution in [-0.4, -0.2) is 78.2 Å². The number of furan rings is 1. The van der Waals surface area contributed by atoms with Crippen LogP contribution in [0.15, 0.2) is 22.8 Å². The number of aromatic nitrogens is 2. The van der Waals surface area contributed by atoms with Crippen LogP contribution in [0.5, 0.6) is 0 Å². The van der Waals surface area contributed by atoms with E-state index in [1.54, 1.807) is 18.4 Å². The van der Waals surface area contributed by atoms with Crippen LogP contribution in [-0.2, 0) is 24.1 Å². The maximum Gasteiger partial charge on any atom is 0.289 e. The Kier molecular flexibility index (Phi) is 6.01. The van der Waals surface area contributed by atoms with E-state index in [-0.39, 0.29) is 5.91 Å². The second-order valence-corrected chi connectivity index (χ2v) is 10.7. The average molecular weight is 482 g/mol. The van der Waals surface area contributed by atoms with Crippen molar-refractivity contribution in [1.82, 2.24) is 19.8 Å². The predicted octanol–water partition coefficient (Wildman–Crippen LogP) is 3.20. The SMILES string of the molecule is CC1CCc2c(sc3nc(CN4CCOCC4)nc(N4CCN(C(=O)c5ccco5)CC4)c23)C1. The van der Waals surface area contributed by atoms with Gasteiger partial charge in [0.15, 0.2) is 5.76 Å². The molecule has 0 spiro atoms. The van der Waals surface area contributed by atoms with E-state index in [0.29, 0.717) is 18.8 Å². The predicted molar refractivity (Wildman–Crippen MR) is 132 cm³/mol. The zero-order valence-corrected chi connectivity index (χ0v) is 20.5. The number of anilines is 1. The molecule has 0 radical (unpaired) electrons. The Balaban J connectivity index is 1.30. The van der Waals surface area contributed by atoms with Crippen LogP contribution in [0.1, 0.15) is 40.2 Å². The smallest absolute Gasteiger partial charge is 0.289 e. The van der Waals surface area contributed by atoms with E-state index < -0.39 is 0 Å². The molecule has 0 bridgehead atoms. The third-order valence-corrected chi connectivity index (χ3v) is 8.40. The van der Waals surface area contributed by atoms with Gasteiger partial charge in [0.1, 0.15) is 16.5 Å². The van der Waals surface area contributed by atoms with Crippen molar-refractivity contribution in [1.29, 1.82) is 0 Å². The molecule has 1 amide bonds. The first kappa shape index (κ1) is 22.0. The molecule has 1 atom stereocenters. The van der Waals surface area contributed by atoms with Gasteiger partial charge < -0.3 is 19.0 Å². The molecule has 6 rings (SSSR count). The van der Waals surface area contributed by atoms with Gasteiger partial charge in [0.05, 0.1) is 31.4 Å². The van der Waals surface area contributed by atoms with Gasteiger partial charge in [-0.15, -0.1) is 11.3 Å². The molecule has 0 N–H and O–H groups in total. The highest BCUT2D eigenvalue weighted by Gasteiger charge is 2.29. The van der Waals surface area contributed by atoms with Crippen LogP contribution in [0.3, 0.4) is 0 Å². The van der Waals surface area contributed by atoms with Crippen molar-refractivity contribution in [2.75, 3.05) is 57.4 Å². The van der Waals surface area contributed by atoms with Crippen molar-refractivity contribution in [3.8, 4) is 0 Å². The summed E-state index contributed by atoms with van der Waals surface area (Å²) < 4.78 is 10.8. The molecule has 34 heavy (non-hydrogen) atoms. The highest BCUT2D eigenvalue weighted by Crippen LogP contribution is 2.41. The van der Waals surface area contributed by atoms with Crippen molar-refractivity contribution >= 4 is 33.3 Å². The number of hydrogen-bond acceptors (Lipinski definition) is 8. The lowest BCUT2D eigenvalue weighted by Crippen LogP contribution is -2.49. The highest BCUT2D eigenvalue weighted by molar-refractivity contribution is 7.19. The Hall–Kier alpha value is -2.49. The number of morpholine rings is 1. The molecule has 3 aromatic rings. The number of carbonyl (C=O) groups is 1. The number of amides is 1. The second-order valence-electron chi connectivity index (χ2n) is 9.64. The summed E-state index contributed by atoms with van der Waals surface area (Å²) in [5, 5.41) is 1.25. The number of fused-ring (bicyclic) bond motifs is 3. The maximum absolute atomic E-state index is 12.7. The van der Waals surface area contributed by atoms with Gasteiger partial charge in [-0.3, -0.25) is 9.69 Å². The van der Waals surface area contributed by atoms with E-state index in [1.807, 2.05) is 16.2 Å². The first-order valence-corrected chi connectivity index (χ1v) is 13.2. The molecule has 3 aliphatic rings. The molecule has 5 heterocycles. The van der Waals surface area contributed by atoms with Crippen LogP contribution in [0.4, 0.5) is 5.82 Å². The van der Waals surface area contributed by atoms with Gasteiger partial charge in [-0.25, -0.2) is 9.97 Å². The second kappa shape index (κ2) is 9.28. The van der Waals surface area contributed by atoms with E-state index in [4.69, 9.17) is 19.1 Å². The highest BCUT2D eigenvalue weighted by atomic mass is 32.1. The maximum atomic E-state index is 12.7. The Bertz CT molecular complexity index is 1160. The Morgan fingerprint density at radius 1 is 1.15 bits per heavy atom. The van der Waals surface area contributed by atoms with Crippen LogP contribution < -0.4 is 4.90 Å². The number of carbonyl (C=O) groups excluding carboxylic acids is 1. The fourth-order valence-electron chi connectivity index (χ4n) is 5.30. The number of thiophene rings is 1. The van der Waals surface area contributed by atoms with Crippen LogP contribution >= 0.6 is 11.3 Å². The summed E-state index contributed by atoms with van der Waals surface area (Å²) in [5.74, 6) is 3.05. The van der Waals surface area contributed by atoms with Crippen molar-refractivity contribution in [2.24, 2.45) is 5.92 Å². The number of nitrogens with zero attached hydrogens (tertiary/aromatic N) is 5. The standard InChI is InChI=1S/C25H31N5O3S/c1-17-4-5-18-20(15-17)34-24-22(18)23(26-21(27-24)16-28-10-13-32-14-11-28)29-6-8-30(9-7-29)25(31)19-3-2-12-33-19/h2-3,12,17H,4-11,13-16H2,1H3. The lowest BCUT2D eigenvalue weighted by Gasteiger charge is -2.35. The summed E-state index contributed by atoms with van der Waals surface area (Å²) in [6.45, 7) is 9.32. The molecule has 0 aromatic carbocycles. The van der Waals surface area contributed by atoms with E-state index in [0.717, 1.165) is 81.2 Å². The summed E-state index contributed by atoms with van der Waals surface area (Å²) in [4.78, 5) is 32.2. The fourth-order valence-corrected chi connectivity index (χ4v) is 6.70. The monoisotopic (exact) mass is 481 g/mol. The number of aryl methyl sites for hydroxylation is 1. The zero-order valence-electron chi connectivity index (χ0n) is 19.7. The molecule has 8 nitrogen and oxygen atoms in total. The van der Waals surface area contributed by atoms with Crippen molar-refractivity contribution in [3.63, 3.8) is 0 Å². The van der Waals surface area contributed by atoms with E-state index >= 15 is 0 Å². The fraction of sp³-hybridized carbons (Fsp3) is 0.560. The summed E-state index contributed by atoms with van der Waals surface area (Å²) in [5.41, 5.74) is 1.46. The molecule has 180 valence electrons. The van der Waals surface area contributed by atoms with E-state index in [1.165, 1.54) is 22.2 Å². The summed E-state index contributed by atoms with van der Waals surface area (Å²) >= 11 is 1.86. The number of piperazine rings is 1. The number of rotatable bonds is 4. The molecule has 2 saturated heterocycles. The minimum Gasteiger partial charge on any atom is -0.459 e. The molecule has 1 aliphatic carbocycles. The molecule has 2 aliphatic heterocycles. The minimum absolute atomic E-state index is 0.0348. The van der Waals surface area contributed by atoms with Crippen LogP contribution in [0.2, 0.25) is 0 Å². The summed E-state index contributed by atoms with van der Waals surface area (Å²) in [6, 6.07) is 3.50. The minimum atomic E-state index is -0.0348. The van der Waals surface area contributed by atoms with Gasteiger partial charge >= 0.3 is 0 Å². The van der Waals surface area contributed by atoms with Crippen LogP contribution in [0.25, 0.3) is 10.2 Å². The molecule has 2 fully saturated rings. The molecule has 9 heteroatoms. The number of ether oxygens (including phenoxy) is 1. The third-order valence-electron chi connectivity index (χ3n) is 7.25. The third kappa shape index (κ3) is 4.21. The van der Waals surface area contributed by atoms with Gasteiger partial charge in [-0.1, -0.05) is 6.92 Å². The van der Waals surface area contributed by atoms with Crippen molar-refractivity contribution in [2.45, 2.75) is 32.7 Å².